The highest BCUT2D eigenvalue weighted by Gasteiger charge is 2.30. The molecular weight excluding hydrogens is 492 g/mol. The Hall–Kier alpha value is -4.14. The number of thiazole rings is 1. The van der Waals surface area contributed by atoms with Gasteiger partial charge in [-0.3, -0.25) is 4.79 Å². The summed E-state index contributed by atoms with van der Waals surface area (Å²) in [4.78, 5) is 28.4. The van der Waals surface area contributed by atoms with Crippen molar-refractivity contribution in [2.24, 2.45) is 0 Å². The van der Waals surface area contributed by atoms with Gasteiger partial charge in [-0.25, -0.2) is 23.7 Å². The zero-order chi connectivity index (χ0) is 24.6. The van der Waals surface area contributed by atoms with Gasteiger partial charge in [-0.15, -0.1) is 20.9 Å². The molecule has 0 aromatic carbocycles. The van der Waals surface area contributed by atoms with Crippen LogP contribution in [0, 0.1) is 0 Å². The van der Waals surface area contributed by atoms with Crippen LogP contribution < -0.4 is 5.32 Å². The van der Waals surface area contributed by atoms with E-state index in [-0.39, 0.29) is 22.0 Å². The van der Waals surface area contributed by atoms with E-state index in [4.69, 9.17) is 4.98 Å². The Balaban J connectivity index is 1.32. The maximum Gasteiger partial charge on any atom is 0.280 e. The van der Waals surface area contributed by atoms with Crippen LogP contribution >= 0.6 is 11.3 Å². The number of nitrogens with zero attached hydrogens (tertiary/aromatic N) is 10. The van der Waals surface area contributed by atoms with Crippen molar-refractivity contribution in [1.82, 2.24) is 54.8 Å². The third kappa shape index (κ3) is 4.10. The third-order valence-electron chi connectivity index (χ3n) is 6.04. The first-order valence-electron chi connectivity index (χ1n) is 11.2. The number of imidazole rings is 1. The smallest absolute Gasteiger partial charge is 0.280 e. The number of carbonyl (C=O) groups excluding carboxylic acids is 1. The van der Waals surface area contributed by atoms with Crippen LogP contribution in [-0.2, 0) is 0 Å². The van der Waals surface area contributed by atoms with E-state index in [1.54, 1.807) is 31.0 Å². The molecule has 0 bridgehead atoms. The Bertz CT molecular complexity index is 1500. The van der Waals surface area contributed by atoms with Crippen molar-refractivity contribution in [3.63, 3.8) is 0 Å². The lowest BCUT2D eigenvalue weighted by Gasteiger charge is -2.31. The van der Waals surface area contributed by atoms with Gasteiger partial charge < -0.3 is 9.88 Å². The number of hydrogen-bond donors (Lipinski definition) is 1. The Labute approximate surface area is 206 Å². The van der Waals surface area contributed by atoms with E-state index in [9.17, 15) is 13.6 Å². The Kier molecular flexibility index (Phi) is 5.67. The molecule has 0 spiro atoms. The molecule has 0 aliphatic heterocycles. The van der Waals surface area contributed by atoms with Crippen LogP contribution in [0.4, 0.5) is 8.78 Å². The molecule has 1 saturated carbocycles. The van der Waals surface area contributed by atoms with Crippen molar-refractivity contribution in [3.8, 4) is 11.8 Å². The van der Waals surface area contributed by atoms with Crippen molar-refractivity contribution in [3.05, 3.63) is 53.1 Å². The van der Waals surface area contributed by atoms with Crippen molar-refractivity contribution < 1.29 is 13.6 Å². The predicted molar refractivity (Wildman–Crippen MR) is 123 cm³/mol. The number of nitrogens with one attached hydrogen (secondary N) is 1. The largest absolute Gasteiger partial charge is 0.347 e. The first-order valence-corrected chi connectivity index (χ1v) is 12.0. The summed E-state index contributed by atoms with van der Waals surface area (Å²) in [5.41, 5.74) is 1.47. The van der Waals surface area contributed by atoms with Gasteiger partial charge in [-0.2, -0.15) is 20.4 Å². The van der Waals surface area contributed by atoms with Gasteiger partial charge in [0.05, 0.1) is 41.4 Å². The number of carbonyl (C=O) groups is 1. The van der Waals surface area contributed by atoms with Crippen molar-refractivity contribution in [2.45, 2.75) is 44.2 Å². The summed E-state index contributed by atoms with van der Waals surface area (Å²) in [6.07, 6.45) is 9.42. The van der Waals surface area contributed by atoms with Crippen LogP contribution in [0.5, 0.6) is 0 Å². The Morgan fingerprint density at radius 2 is 1.78 bits per heavy atom. The van der Waals surface area contributed by atoms with Crippen LogP contribution in [0.2, 0.25) is 0 Å². The number of pyridine rings is 1. The lowest BCUT2D eigenvalue weighted by molar-refractivity contribution is 0.0920. The molecule has 6 rings (SSSR count). The van der Waals surface area contributed by atoms with Gasteiger partial charge in [-0.1, -0.05) is 0 Å². The van der Waals surface area contributed by atoms with Gasteiger partial charge in [-0.05, 0) is 25.7 Å². The number of rotatable bonds is 6. The topological polar surface area (TPSA) is 134 Å². The number of fused-ring (bicyclic) bond motifs is 1. The zero-order valence-electron chi connectivity index (χ0n) is 18.6. The molecule has 15 heteroatoms. The SMILES string of the molecule is O=C(NC1CCCC(n2c(-n3nccn3)nc3cnc(-n4nccn4)cc32)C1)c1ncc(C(F)F)s1. The second-order valence-electron chi connectivity index (χ2n) is 8.31. The molecule has 2 atom stereocenters. The van der Waals surface area contributed by atoms with Gasteiger partial charge in [0, 0.05) is 24.3 Å². The molecule has 12 nitrogen and oxygen atoms in total. The molecule has 184 valence electrons. The Morgan fingerprint density at radius 3 is 2.50 bits per heavy atom. The fourth-order valence-electron chi connectivity index (χ4n) is 4.51. The number of hydrogen-bond acceptors (Lipinski definition) is 9. The second kappa shape index (κ2) is 9.14. The minimum absolute atomic E-state index is 0.0318. The van der Waals surface area contributed by atoms with E-state index >= 15 is 0 Å². The van der Waals surface area contributed by atoms with Crippen molar-refractivity contribution in [2.75, 3.05) is 0 Å². The lowest BCUT2D eigenvalue weighted by atomic mass is 9.90. The number of halogens is 2. The fourth-order valence-corrected chi connectivity index (χ4v) is 5.18. The highest BCUT2D eigenvalue weighted by Crippen LogP contribution is 2.34. The number of amides is 1. The molecule has 0 saturated heterocycles. The molecule has 36 heavy (non-hydrogen) atoms. The second-order valence-corrected chi connectivity index (χ2v) is 9.37. The Morgan fingerprint density at radius 1 is 1.03 bits per heavy atom. The normalized spacial score (nSPS) is 18.2. The van der Waals surface area contributed by atoms with Crippen LogP contribution in [0.25, 0.3) is 22.8 Å². The summed E-state index contributed by atoms with van der Waals surface area (Å²) in [7, 11) is 0. The fraction of sp³-hybridized carbons (Fsp3) is 0.333. The predicted octanol–water partition coefficient (Wildman–Crippen LogP) is 2.90. The molecule has 2 unspecified atom stereocenters. The van der Waals surface area contributed by atoms with Gasteiger partial charge in [0.15, 0.2) is 10.8 Å². The van der Waals surface area contributed by atoms with Gasteiger partial charge in [0.1, 0.15) is 5.52 Å². The first-order chi connectivity index (χ1) is 17.6. The summed E-state index contributed by atoms with van der Waals surface area (Å²) in [6.45, 7) is 0. The van der Waals surface area contributed by atoms with Crippen LogP contribution in [0.1, 0.15) is 52.8 Å². The van der Waals surface area contributed by atoms with Crippen LogP contribution in [-0.4, -0.2) is 61.5 Å². The van der Waals surface area contributed by atoms with E-state index in [1.165, 1.54) is 9.59 Å². The van der Waals surface area contributed by atoms with Crippen LogP contribution in [0.3, 0.4) is 0 Å². The highest BCUT2D eigenvalue weighted by atomic mass is 32.1. The maximum absolute atomic E-state index is 12.9. The van der Waals surface area contributed by atoms with E-state index < -0.39 is 12.3 Å². The number of aromatic nitrogens is 10. The minimum Gasteiger partial charge on any atom is -0.347 e. The standard InChI is InChI=1S/C21H19F2N11OS/c22-18(23)16-11-25-20(36-16)19(35)30-12-2-1-3-13(8-12)32-15-9-17(33-26-4-5-27-33)24-10-14(15)31-21(32)34-28-6-7-29-34/h4-7,9-13,18H,1-3,8H2,(H,30,35). The molecule has 0 radical (unpaired) electrons. The molecule has 1 amide bonds. The monoisotopic (exact) mass is 511 g/mol. The van der Waals surface area contributed by atoms with Gasteiger partial charge >= 0.3 is 0 Å². The van der Waals surface area contributed by atoms with Crippen molar-refractivity contribution in [1.29, 1.82) is 0 Å². The summed E-state index contributed by atoms with van der Waals surface area (Å²) in [5, 5.41) is 19.9. The molecule has 5 aromatic heterocycles. The molecular formula is C21H19F2N11OS. The van der Waals surface area contributed by atoms with Crippen molar-refractivity contribution >= 4 is 28.3 Å². The summed E-state index contributed by atoms with van der Waals surface area (Å²) in [5.74, 6) is 0.618. The van der Waals surface area contributed by atoms with Gasteiger partial charge in [0.2, 0.25) is 0 Å². The quantitative estimate of drug-likeness (QED) is 0.368. The first kappa shape index (κ1) is 22.3. The maximum atomic E-state index is 12.9. The minimum atomic E-state index is -2.65. The average molecular weight is 512 g/mol. The van der Waals surface area contributed by atoms with E-state index in [0.29, 0.717) is 35.0 Å². The molecule has 1 N–H and O–H groups in total. The van der Waals surface area contributed by atoms with E-state index in [1.807, 2.05) is 6.07 Å². The number of alkyl halides is 2. The average Bonchev–Trinajstić information content (AvgIpc) is 3.69. The molecule has 5 aromatic rings. The summed E-state index contributed by atoms with van der Waals surface area (Å²) < 4.78 is 27.9. The molecule has 1 aliphatic carbocycles. The zero-order valence-corrected chi connectivity index (χ0v) is 19.5. The summed E-state index contributed by atoms with van der Waals surface area (Å²) >= 11 is 0.710. The molecule has 5 heterocycles. The molecule has 1 aliphatic rings. The van der Waals surface area contributed by atoms with Gasteiger partial charge in [0.25, 0.3) is 18.3 Å². The lowest BCUT2D eigenvalue weighted by Crippen LogP contribution is -2.39. The van der Waals surface area contributed by atoms with Crippen LogP contribution in [0.15, 0.2) is 43.2 Å². The highest BCUT2D eigenvalue weighted by molar-refractivity contribution is 7.13. The third-order valence-corrected chi connectivity index (χ3v) is 7.05. The summed E-state index contributed by atoms with van der Waals surface area (Å²) in [6, 6.07) is 1.66. The van der Waals surface area contributed by atoms with E-state index in [2.05, 4.69) is 40.2 Å². The van der Waals surface area contributed by atoms with E-state index in [0.717, 1.165) is 31.0 Å². The molecule has 1 fully saturated rings.